The van der Waals surface area contributed by atoms with Crippen LogP contribution in [-0.2, 0) is 6.54 Å². The Bertz CT molecular complexity index is 240. The van der Waals surface area contributed by atoms with E-state index >= 15 is 0 Å². The van der Waals surface area contributed by atoms with E-state index in [1.54, 1.807) is 10.7 Å². The molecule has 0 spiro atoms. The lowest BCUT2D eigenvalue weighted by atomic mass is 10.4. The van der Waals surface area contributed by atoms with Gasteiger partial charge in [0.2, 0.25) is 0 Å². The first-order valence-corrected chi connectivity index (χ1v) is 3.07. The summed E-state index contributed by atoms with van der Waals surface area (Å²) in [6.45, 7) is 5.97. The van der Waals surface area contributed by atoms with Gasteiger partial charge in [-0.3, -0.25) is 9.48 Å². The first kappa shape index (κ1) is 6.99. The Morgan fingerprint density at radius 1 is 1.90 bits per heavy atom. The van der Waals surface area contributed by atoms with E-state index in [4.69, 9.17) is 0 Å². The Balaban J connectivity index is 3.08. The number of carbonyl (C=O) groups excluding carboxylic acids is 1. The molecule has 0 aliphatic carbocycles. The van der Waals surface area contributed by atoms with Crippen LogP contribution in [0.15, 0.2) is 6.07 Å². The Hall–Kier alpha value is -1.12. The van der Waals surface area contributed by atoms with Crippen molar-refractivity contribution in [2.24, 2.45) is 0 Å². The molecule has 0 fully saturated rings. The molecule has 0 aliphatic rings. The fourth-order valence-electron chi connectivity index (χ4n) is 0.839. The smallest absolute Gasteiger partial charge is 0.168 e. The van der Waals surface area contributed by atoms with E-state index in [2.05, 4.69) is 12.0 Å². The summed E-state index contributed by atoms with van der Waals surface area (Å²) < 4.78 is 1.57. The lowest BCUT2D eigenvalue weighted by Crippen LogP contribution is -2.01. The average Bonchev–Trinajstić information content (AvgIpc) is 2.30. The summed E-state index contributed by atoms with van der Waals surface area (Å²) in [5.74, 6) is 0. The van der Waals surface area contributed by atoms with Crippen LogP contribution in [0.5, 0.6) is 0 Å². The summed E-state index contributed by atoms with van der Waals surface area (Å²) >= 11 is 0. The van der Waals surface area contributed by atoms with E-state index in [1.807, 2.05) is 6.92 Å². The van der Waals surface area contributed by atoms with Gasteiger partial charge in [-0.15, -0.1) is 0 Å². The molecule has 1 aromatic rings. The Labute approximate surface area is 59.7 Å². The fraction of sp³-hybridized carbons (Fsp3) is 0.286. The summed E-state index contributed by atoms with van der Waals surface area (Å²) in [5, 5.41) is 4.02. The third-order valence-corrected chi connectivity index (χ3v) is 1.27. The van der Waals surface area contributed by atoms with Gasteiger partial charge in [-0.1, -0.05) is 0 Å². The number of aryl methyl sites for hydroxylation is 1. The molecule has 1 heterocycles. The van der Waals surface area contributed by atoms with Gasteiger partial charge in [-0.05, 0) is 19.9 Å². The van der Waals surface area contributed by atoms with Crippen LogP contribution in [0.3, 0.4) is 0 Å². The maximum atomic E-state index is 10.3. The van der Waals surface area contributed by atoms with Crippen LogP contribution in [0.1, 0.15) is 16.2 Å². The van der Waals surface area contributed by atoms with E-state index in [-0.39, 0.29) is 0 Å². The van der Waals surface area contributed by atoms with Crippen molar-refractivity contribution in [1.82, 2.24) is 9.78 Å². The molecule has 3 heteroatoms. The standard InChI is InChI=1S/C7H9N2O/c1-3-9-7(5-10)4-6(2)8-9/h4-5H,1,3H2,2H3. The van der Waals surface area contributed by atoms with Crippen LogP contribution in [-0.4, -0.2) is 16.1 Å². The number of aromatic nitrogens is 2. The minimum absolute atomic E-state index is 0.502. The summed E-state index contributed by atoms with van der Waals surface area (Å²) in [5.41, 5.74) is 1.44. The van der Waals surface area contributed by atoms with E-state index in [0.717, 1.165) is 12.0 Å². The van der Waals surface area contributed by atoms with Gasteiger partial charge in [-0.25, -0.2) is 0 Å². The molecule has 1 aromatic heterocycles. The summed E-state index contributed by atoms with van der Waals surface area (Å²) in [6.07, 6.45) is 0.783. The first-order valence-electron chi connectivity index (χ1n) is 3.07. The normalized spacial score (nSPS) is 9.80. The molecular weight excluding hydrogens is 128 g/mol. The Morgan fingerprint density at radius 2 is 2.60 bits per heavy atom. The highest BCUT2D eigenvalue weighted by atomic mass is 16.1. The quantitative estimate of drug-likeness (QED) is 0.566. The second kappa shape index (κ2) is 2.64. The minimum atomic E-state index is 0.502. The zero-order valence-electron chi connectivity index (χ0n) is 5.87. The van der Waals surface area contributed by atoms with Crippen molar-refractivity contribution in [3.05, 3.63) is 24.4 Å². The Kier molecular flexibility index (Phi) is 1.85. The number of carbonyl (C=O) groups is 1. The van der Waals surface area contributed by atoms with Crippen LogP contribution in [0, 0.1) is 13.8 Å². The third kappa shape index (κ3) is 1.07. The molecule has 0 bridgehead atoms. The highest BCUT2D eigenvalue weighted by Crippen LogP contribution is 1.99. The van der Waals surface area contributed by atoms with E-state index in [0.29, 0.717) is 12.2 Å². The molecule has 1 rings (SSSR count). The van der Waals surface area contributed by atoms with Crippen molar-refractivity contribution in [3.8, 4) is 0 Å². The van der Waals surface area contributed by atoms with Crippen molar-refractivity contribution in [2.75, 3.05) is 0 Å². The molecule has 0 unspecified atom stereocenters. The van der Waals surface area contributed by atoms with E-state index in [1.165, 1.54) is 0 Å². The fourth-order valence-corrected chi connectivity index (χ4v) is 0.839. The summed E-state index contributed by atoms with van der Waals surface area (Å²) in [4.78, 5) is 10.3. The average molecular weight is 137 g/mol. The van der Waals surface area contributed by atoms with Gasteiger partial charge in [0.05, 0.1) is 5.69 Å². The van der Waals surface area contributed by atoms with Gasteiger partial charge in [0.15, 0.2) is 6.29 Å². The predicted molar refractivity (Wildman–Crippen MR) is 37.7 cm³/mol. The molecule has 0 saturated heterocycles. The largest absolute Gasteiger partial charge is 0.296 e. The number of rotatable bonds is 2. The van der Waals surface area contributed by atoms with Crippen LogP contribution in [0.25, 0.3) is 0 Å². The summed E-state index contributed by atoms with van der Waals surface area (Å²) in [6, 6.07) is 1.73. The van der Waals surface area contributed by atoms with Crippen molar-refractivity contribution < 1.29 is 4.79 Å². The summed E-state index contributed by atoms with van der Waals surface area (Å²) in [7, 11) is 0. The third-order valence-electron chi connectivity index (χ3n) is 1.27. The molecule has 0 aromatic carbocycles. The molecule has 1 radical (unpaired) electrons. The van der Waals surface area contributed by atoms with Crippen LogP contribution < -0.4 is 0 Å². The lowest BCUT2D eigenvalue weighted by molar-refractivity contribution is 0.111. The monoisotopic (exact) mass is 137 g/mol. The van der Waals surface area contributed by atoms with Gasteiger partial charge < -0.3 is 0 Å². The SMILES string of the molecule is [CH2]Cn1nc(C)cc1C=O. The molecule has 0 amide bonds. The topological polar surface area (TPSA) is 34.9 Å². The highest BCUT2D eigenvalue weighted by molar-refractivity contribution is 5.72. The minimum Gasteiger partial charge on any atom is -0.296 e. The van der Waals surface area contributed by atoms with Gasteiger partial charge in [0.25, 0.3) is 0 Å². The molecule has 0 N–H and O–H groups in total. The van der Waals surface area contributed by atoms with Crippen LogP contribution in [0.2, 0.25) is 0 Å². The molecule has 3 nitrogen and oxygen atoms in total. The van der Waals surface area contributed by atoms with Crippen molar-refractivity contribution >= 4 is 6.29 Å². The second-order valence-electron chi connectivity index (χ2n) is 2.05. The lowest BCUT2D eigenvalue weighted by Gasteiger charge is -1.94. The molecular formula is C7H9N2O. The van der Waals surface area contributed by atoms with Crippen molar-refractivity contribution in [2.45, 2.75) is 13.5 Å². The number of hydrogen-bond donors (Lipinski definition) is 0. The van der Waals surface area contributed by atoms with Gasteiger partial charge in [-0.2, -0.15) is 5.10 Å². The van der Waals surface area contributed by atoms with Gasteiger partial charge in [0.1, 0.15) is 5.69 Å². The molecule has 0 atom stereocenters. The number of hydrogen-bond acceptors (Lipinski definition) is 2. The first-order chi connectivity index (χ1) is 4.77. The van der Waals surface area contributed by atoms with Gasteiger partial charge >= 0.3 is 0 Å². The van der Waals surface area contributed by atoms with E-state index in [9.17, 15) is 4.79 Å². The number of aldehydes is 1. The molecule has 53 valence electrons. The maximum Gasteiger partial charge on any atom is 0.168 e. The molecule has 10 heavy (non-hydrogen) atoms. The maximum absolute atomic E-state index is 10.3. The Morgan fingerprint density at radius 3 is 3.00 bits per heavy atom. The number of nitrogens with zero attached hydrogens (tertiary/aromatic N) is 2. The zero-order chi connectivity index (χ0) is 7.56. The van der Waals surface area contributed by atoms with Crippen LogP contribution in [0.4, 0.5) is 0 Å². The molecule has 0 aliphatic heterocycles. The molecule has 0 saturated carbocycles. The van der Waals surface area contributed by atoms with Gasteiger partial charge in [0, 0.05) is 6.54 Å². The van der Waals surface area contributed by atoms with Crippen molar-refractivity contribution in [3.63, 3.8) is 0 Å². The zero-order valence-corrected chi connectivity index (χ0v) is 5.87. The van der Waals surface area contributed by atoms with Crippen LogP contribution >= 0.6 is 0 Å². The van der Waals surface area contributed by atoms with Crippen molar-refractivity contribution in [1.29, 1.82) is 0 Å². The highest BCUT2D eigenvalue weighted by Gasteiger charge is 1.99. The van der Waals surface area contributed by atoms with E-state index < -0.39 is 0 Å². The predicted octanol–water partition coefficient (Wildman–Crippen LogP) is 0.838. The second-order valence-corrected chi connectivity index (χ2v) is 2.05.